The molecule has 2 amide bonds. The molecule has 1 aromatic carbocycles. The largest absolute Gasteiger partial charge is 0.465 e. The van der Waals surface area contributed by atoms with Gasteiger partial charge in [-0.3, -0.25) is 10.1 Å². The number of carbonyl (C=O) groups excluding carboxylic acids is 3. The van der Waals surface area contributed by atoms with E-state index in [-0.39, 0.29) is 23.3 Å². The quantitative estimate of drug-likeness (QED) is 0.623. The number of esters is 1. The van der Waals surface area contributed by atoms with E-state index in [1.54, 1.807) is 30.2 Å². The van der Waals surface area contributed by atoms with Crippen LogP contribution >= 0.6 is 0 Å². The number of ether oxygens (including phenoxy) is 3. The van der Waals surface area contributed by atoms with Gasteiger partial charge in [0.15, 0.2) is 0 Å². The first-order chi connectivity index (χ1) is 16.6. The van der Waals surface area contributed by atoms with Crippen molar-refractivity contribution in [2.45, 2.75) is 52.2 Å². The third-order valence-electron chi connectivity index (χ3n) is 6.84. The van der Waals surface area contributed by atoms with Gasteiger partial charge in [0.05, 0.1) is 30.3 Å². The Kier molecular flexibility index (Phi) is 6.77. The van der Waals surface area contributed by atoms with E-state index >= 15 is 0 Å². The second-order valence-corrected chi connectivity index (χ2v) is 10.4. The van der Waals surface area contributed by atoms with Gasteiger partial charge >= 0.3 is 12.1 Å². The van der Waals surface area contributed by atoms with Crippen LogP contribution in [0.4, 0.5) is 10.7 Å². The van der Waals surface area contributed by atoms with Crippen LogP contribution in [-0.4, -0.2) is 71.9 Å². The molecule has 10 heteroatoms. The molecular formula is C25H34N4O6. The summed E-state index contributed by atoms with van der Waals surface area (Å²) < 4.78 is 17.4. The minimum Gasteiger partial charge on any atom is -0.465 e. The summed E-state index contributed by atoms with van der Waals surface area (Å²) in [4.78, 5) is 43.9. The maximum absolute atomic E-state index is 13.2. The van der Waals surface area contributed by atoms with Crippen LogP contribution in [0.2, 0.25) is 0 Å². The summed E-state index contributed by atoms with van der Waals surface area (Å²) in [6, 6.07) is 5.11. The topological polar surface area (TPSA) is 112 Å². The fourth-order valence-electron chi connectivity index (χ4n) is 4.80. The minimum absolute atomic E-state index is 0.0714. The van der Waals surface area contributed by atoms with Crippen LogP contribution in [0.25, 0.3) is 11.0 Å². The summed E-state index contributed by atoms with van der Waals surface area (Å²) >= 11 is 0. The summed E-state index contributed by atoms with van der Waals surface area (Å²) in [5.74, 6) is -0.200. The number of hydrogen-bond acceptors (Lipinski definition) is 7. The van der Waals surface area contributed by atoms with Crippen molar-refractivity contribution in [1.82, 2.24) is 14.5 Å². The lowest BCUT2D eigenvalue weighted by Gasteiger charge is -2.34. The first-order valence-corrected chi connectivity index (χ1v) is 11.9. The van der Waals surface area contributed by atoms with Gasteiger partial charge in [-0.05, 0) is 63.6 Å². The van der Waals surface area contributed by atoms with Crippen molar-refractivity contribution in [1.29, 1.82) is 0 Å². The Bertz CT molecular complexity index is 1130. The van der Waals surface area contributed by atoms with Crippen molar-refractivity contribution in [3.8, 4) is 0 Å². The zero-order valence-corrected chi connectivity index (χ0v) is 21.1. The number of piperidine rings is 1. The predicted octanol–water partition coefficient (Wildman–Crippen LogP) is 3.45. The molecule has 1 aromatic heterocycles. The summed E-state index contributed by atoms with van der Waals surface area (Å²) in [5.41, 5.74) is 1.19. The van der Waals surface area contributed by atoms with Gasteiger partial charge in [0.1, 0.15) is 5.60 Å². The number of benzene rings is 1. The molecule has 1 spiro atoms. The summed E-state index contributed by atoms with van der Waals surface area (Å²) in [6.07, 6.45) is 2.04. The molecule has 1 unspecified atom stereocenters. The second-order valence-electron chi connectivity index (χ2n) is 10.4. The van der Waals surface area contributed by atoms with Gasteiger partial charge in [0.2, 0.25) is 11.9 Å². The van der Waals surface area contributed by atoms with E-state index in [0.29, 0.717) is 43.3 Å². The van der Waals surface area contributed by atoms with Crippen LogP contribution < -0.4 is 5.32 Å². The third kappa shape index (κ3) is 5.27. The summed E-state index contributed by atoms with van der Waals surface area (Å²) in [6.45, 7) is 7.62. The van der Waals surface area contributed by atoms with E-state index in [2.05, 4.69) is 10.3 Å². The van der Waals surface area contributed by atoms with E-state index < -0.39 is 11.6 Å². The summed E-state index contributed by atoms with van der Waals surface area (Å²) in [7, 11) is 2.94. The summed E-state index contributed by atoms with van der Waals surface area (Å²) in [5, 5.41) is 3.01. The number of hydrogen-bond donors (Lipinski definition) is 1. The Hall–Kier alpha value is -3.14. The molecule has 1 N–H and O–H groups in total. The average Bonchev–Trinajstić information content (AvgIpc) is 3.40. The van der Waals surface area contributed by atoms with E-state index in [1.807, 2.05) is 25.3 Å². The normalized spacial score (nSPS) is 19.0. The number of nitrogens with one attached hydrogen (secondary N) is 1. The molecule has 1 atom stereocenters. The van der Waals surface area contributed by atoms with Gasteiger partial charge in [-0.2, -0.15) is 0 Å². The standard InChI is InChI=1S/C25H34N4O6/c1-24(2,3)35-23(32)28-10-8-25(9-11-28)15-17(25)20(30)27-22-26-18-7-6-16(21(31)34-5)14-19(18)29(22)12-13-33-4/h6-7,14,17H,8-13,15H2,1-5H3,(H,26,27,30). The van der Waals surface area contributed by atoms with Crippen LogP contribution in [0.15, 0.2) is 18.2 Å². The molecule has 1 aliphatic heterocycles. The Morgan fingerprint density at radius 2 is 1.89 bits per heavy atom. The van der Waals surface area contributed by atoms with Crippen LogP contribution in [0.3, 0.4) is 0 Å². The first kappa shape index (κ1) is 25.0. The van der Waals surface area contributed by atoms with Gasteiger partial charge in [0.25, 0.3) is 0 Å². The minimum atomic E-state index is -0.528. The maximum atomic E-state index is 13.2. The highest BCUT2D eigenvalue weighted by molar-refractivity contribution is 5.97. The van der Waals surface area contributed by atoms with E-state index in [4.69, 9.17) is 14.2 Å². The third-order valence-corrected chi connectivity index (χ3v) is 6.84. The smallest absolute Gasteiger partial charge is 0.410 e. The van der Waals surface area contributed by atoms with Crippen LogP contribution in [-0.2, 0) is 25.5 Å². The Morgan fingerprint density at radius 1 is 1.17 bits per heavy atom. The van der Waals surface area contributed by atoms with Crippen molar-refractivity contribution >= 4 is 35.0 Å². The van der Waals surface area contributed by atoms with Crippen molar-refractivity contribution in [3.63, 3.8) is 0 Å². The van der Waals surface area contributed by atoms with Crippen LogP contribution in [0, 0.1) is 11.3 Å². The molecule has 35 heavy (non-hydrogen) atoms. The molecule has 1 saturated heterocycles. The van der Waals surface area contributed by atoms with Gasteiger partial charge in [0, 0.05) is 32.7 Å². The Labute approximate surface area is 204 Å². The molecule has 2 heterocycles. The average molecular weight is 487 g/mol. The fourth-order valence-corrected chi connectivity index (χ4v) is 4.80. The molecule has 1 saturated carbocycles. The second kappa shape index (κ2) is 9.49. The lowest BCUT2D eigenvalue weighted by atomic mass is 9.91. The van der Waals surface area contributed by atoms with E-state index in [0.717, 1.165) is 24.8 Å². The van der Waals surface area contributed by atoms with Crippen molar-refractivity contribution in [3.05, 3.63) is 23.8 Å². The highest BCUT2D eigenvalue weighted by Crippen LogP contribution is 2.59. The number of fused-ring (bicyclic) bond motifs is 1. The Balaban J connectivity index is 1.45. The monoisotopic (exact) mass is 486 g/mol. The molecule has 2 aromatic rings. The number of anilines is 1. The number of carbonyl (C=O) groups is 3. The number of imidazole rings is 1. The molecule has 4 rings (SSSR count). The fraction of sp³-hybridized carbons (Fsp3) is 0.600. The molecule has 1 aliphatic carbocycles. The molecule has 10 nitrogen and oxygen atoms in total. The van der Waals surface area contributed by atoms with E-state index in [1.165, 1.54) is 7.11 Å². The van der Waals surface area contributed by atoms with Crippen LogP contribution in [0.1, 0.15) is 50.4 Å². The lowest BCUT2D eigenvalue weighted by Crippen LogP contribution is -2.43. The van der Waals surface area contributed by atoms with Crippen molar-refractivity contribution in [2.75, 3.05) is 39.2 Å². The number of aromatic nitrogens is 2. The zero-order valence-electron chi connectivity index (χ0n) is 21.1. The highest BCUT2D eigenvalue weighted by atomic mass is 16.6. The maximum Gasteiger partial charge on any atom is 0.410 e. The van der Waals surface area contributed by atoms with Crippen molar-refractivity contribution < 1.29 is 28.6 Å². The molecule has 2 aliphatic rings. The number of nitrogens with zero attached hydrogens (tertiary/aromatic N) is 3. The van der Waals surface area contributed by atoms with Gasteiger partial charge < -0.3 is 23.7 Å². The first-order valence-electron chi connectivity index (χ1n) is 11.9. The lowest BCUT2D eigenvalue weighted by molar-refractivity contribution is -0.118. The number of amides is 2. The zero-order chi connectivity index (χ0) is 25.4. The van der Waals surface area contributed by atoms with Gasteiger partial charge in [-0.25, -0.2) is 14.6 Å². The molecule has 2 fully saturated rings. The molecule has 0 bridgehead atoms. The highest BCUT2D eigenvalue weighted by Gasteiger charge is 2.59. The molecular weight excluding hydrogens is 452 g/mol. The van der Waals surface area contributed by atoms with Gasteiger partial charge in [-0.1, -0.05) is 0 Å². The van der Waals surface area contributed by atoms with E-state index in [9.17, 15) is 14.4 Å². The van der Waals surface area contributed by atoms with Crippen LogP contribution in [0.5, 0.6) is 0 Å². The van der Waals surface area contributed by atoms with Crippen molar-refractivity contribution in [2.24, 2.45) is 11.3 Å². The number of likely N-dealkylation sites (tertiary alicyclic amines) is 1. The number of methoxy groups -OCH3 is 2. The molecule has 190 valence electrons. The number of rotatable bonds is 6. The van der Waals surface area contributed by atoms with Gasteiger partial charge in [-0.15, -0.1) is 0 Å². The molecule has 0 radical (unpaired) electrons. The predicted molar refractivity (Wildman–Crippen MR) is 129 cm³/mol. The SMILES string of the molecule is COCCn1c(NC(=O)C2CC23CCN(C(=O)OC(C)(C)C)CC3)nc2ccc(C(=O)OC)cc21. The Morgan fingerprint density at radius 3 is 2.51 bits per heavy atom.